The molecular weight excluding hydrogens is 299 g/mol. The van der Waals surface area contributed by atoms with Crippen LogP contribution in [0.2, 0.25) is 0 Å². The van der Waals surface area contributed by atoms with Gasteiger partial charge < -0.3 is 5.32 Å². The highest BCUT2D eigenvalue weighted by molar-refractivity contribution is 6.17. The predicted octanol–water partition coefficient (Wildman–Crippen LogP) is 3.73. The molecule has 21 heavy (non-hydrogen) atoms. The van der Waals surface area contributed by atoms with Gasteiger partial charge in [-0.15, -0.1) is 11.6 Å². The Bertz CT molecular complexity index is 689. The Kier molecular flexibility index (Phi) is 4.49. The minimum atomic E-state index is -0.689. The Morgan fingerprint density at radius 1 is 1.24 bits per heavy atom. The zero-order valence-corrected chi connectivity index (χ0v) is 11.4. The third-order valence-electron chi connectivity index (χ3n) is 2.77. The molecule has 0 radical (unpaired) electrons. The van der Waals surface area contributed by atoms with Crippen molar-refractivity contribution in [2.24, 2.45) is 0 Å². The highest BCUT2D eigenvalue weighted by atomic mass is 35.5. The van der Waals surface area contributed by atoms with Crippen LogP contribution < -0.4 is 5.32 Å². The van der Waals surface area contributed by atoms with E-state index in [9.17, 15) is 19.3 Å². The van der Waals surface area contributed by atoms with Crippen LogP contribution in [0.25, 0.3) is 0 Å². The van der Waals surface area contributed by atoms with E-state index in [0.29, 0.717) is 11.4 Å². The Balaban J connectivity index is 2.26. The fraction of sp³-hybridized carbons (Fsp3) is 0.0714. The quantitative estimate of drug-likeness (QED) is 0.531. The van der Waals surface area contributed by atoms with Crippen molar-refractivity contribution in [1.29, 1.82) is 0 Å². The molecule has 0 spiro atoms. The van der Waals surface area contributed by atoms with Gasteiger partial charge in [0, 0.05) is 23.6 Å². The molecule has 7 heteroatoms. The number of amides is 1. The third-order valence-corrected chi connectivity index (χ3v) is 3.08. The maximum Gasteiger partial charge on any atom is 0.292 e. The van der Waals surface area contributed by atoms with Gasteiger partial charge in [0.1, 0.15) is 11.5 Å². The van der Waals surface area contributed by atoms with E-state index in [-0.39, 0.29) is 11.4 Å². The largest absolute Gasteiger partial charge is 0.316 e. The highest BCUT2D eigenvalue weighted by Crippen LogP contribution is 2.25. The number of nitro groups is 1. The molecule has 2 aromatic carbocycles. The molecule has 5 nitrogen and oxygen atoms in total. The number of nitrogens with zero attached hydrogens (tertiary/aromatic N) is 1. The number of hydrogen-bond acceptors (Lipinski definition) is 3. The standard InChI is InChI=1S/C14H10ClFN2O3/c15-8-9-1-3-10(4-2-9)14(19)17-12-7-11(16)5-6-13(12)18(20)21/h1-7H,8H2,(H,17,19). The molecule has 0 aliphatic heterocycles. The van der Waals surface area contributed by atoms with Gasteiger partial charge in [-0.25, -0.2) is 4.39 Å². The predicted molar refractivity (Wildman–Crippen MR) is 77.0 cm³/mol. The van der Waals surface area contributed by atoms with E-state index in [2.05, 4.69) is 5.32 Å². The summed E-state index contributed by atoms with van der Waals surface area (Å²) in [6.07, 6.45) is 0. The van der Waals surface area contributed by atoms with Gasteiger partial charge in [0.15, 0.2) is 0 Å². The van der Waals surface area contributed by atoms with E-state index in [4.69, 9.17) is 11.6 Å². The Morgan fingerprint density at radius 2 is 1.90 bits per heavy atom. The number of carbonyl (C=O) groups excluding carboxylic acids is 1. The lowest BCUT2D eigenvalue weighted by atomic mass is 10.1. The van der Waals surface area contributed by atoms with E-state index < -0.39 is 16.6 Å². The van der Waals surface area contributed by atoms with Gasteiger partial charge in [-0.05, 0) is 23.8 Å². The number of rotatable bonds is 4. The van der Waals surface area contributed by atoms with Gasteiger partial charge in [-0.1, -0.05) is 12.1 Å². The van der Waals surface area contributed by atoms with Crippen molar-refractivity contribution < 1.29 is 14.1 Å². The molecule has 0 aliphatic rings. The number of anilines is 1. The first-order chi connectivity index (χ1) is 10.0. The van der Waals surface area contributed by atoms with Crippen molar-refractivity contribution in [3.63, 3.8) is 0 Å². The minimum Gasteiger partial charge on any atom is -0.316 e. The SMILES string of the molecule is O=C(Nc1cc(F)ccc1[N+](=O)[O-])c1ccc(CCl)cc1. The van der Waals surface area contributed by atoms with E-state index in [1.807, 2.05) is 0 Å². The maximum atomic E-state index is 13.2. The first-order valence-electron chi connectivity index (χ1n) is 5.91. The smallest absolute Gasteiger partial charge is 0.292 e. The first-order valence-corrected chi connectivity index (χ1v) is 6.45. The van der Waals surface area contributed by atoms with Crippen LogP contribution in [0, 0.1) is 15.9 Å². The lowest BCUT2D eigenvalue weighted by molar-refractivity contribution is -0.384. The summed E-state index contributed by atoms with van der Waals surface area (Å²) in [6, 6.07) is 9.29. The summed E-state index contributed by atoms with van der Waals surface area (Å²) >= 11 is 5.64. The van der Waals surface area contributed by atoms with Crippen molar-refractivity contribution in [2.75, 3.05) is 5.32 Å². The lowest BCUT2D eigenvalue weighted by Crippen LogP contribution is -2.13. The van der Waals surface area contributed by atoms with Gasteiger partial charge in [-0.3, -0.25) is 14.9 Å². The average Bonchev–Trinajstić information content (AvgIpc) is 2.47. The second kappa shape index (κ2) is 6.32. The van der Waals surface area contributed by atoms with E-state index >= 15 is 0 Å². The summed E-state index contributed by atoms with van der Waals surface area (Å²) in [5.74, 6) is -0.921. The topological polar surface area (TPSA) is 72.2 Å². The molecule has 0 saturated carbocycles. The highest BCUT2D eigenvalue weighted by Gasteiger charge is 2.17. The fourth-order valence-corrected chi connectivity index (χ4v) is 1.89. The number of alkyl halides is 1. The van der Waals surface area contributed by atoms with Gasteiger partial charge >= 0.3 is 0 Å². The zero-order valence-electron chi connectivity index (χ0n) is 10.7. The van der Waals surface area contributed by atoms with Crippen LogP contribution in [-0.2, 0) is 5.88 Å². The molecule has 1 N–H and O–H groups in total. The summed E-state index contributed by atoms with van der Waals surface area (Å²) in [4.78, 5) is 22.2. The number of halogens is 2. The van der Waals surface area contributed by atoms with E-state index in [1.165, 1.54) is 12.1 Å². The van der Waals surface area contributed by atoms with Crippen LogP contribution in [0.15, 0.2) is 42.5 Å². The van der Waals surface area contributed by atoms with Crippen LogP contribution in [0.1, 0.15) is 15.9 Å². The Hall–Kier alpha value is -2.47. The summed E-state index contributed by atoms with van der Waals surface area (Å²) in [5, 5.41) is 13.2. The molecule has 0 aromatic heterocycles. The van der Waals surface area contributed by atoms with Gasteiger partial charge in [-0.2, -0.15) is 0 Å². The molecular formula is C14H10ClFN2O3. The molecule has 2 aromatic rings. The summed E-state index contributed by atoms with van der Waals surface area (Å²) in [6.45, 7) is 0. The molecule has 0 unspecified atom stereocenters. The maximum absolute atomic E-state index is 13.2. The van der Waals surface area contributed by atoms with Crippen LogP contribution in [0.4, 0.5) is 15.8 Å². The molecule has 1 amide bonds. The zero-order chi connectivity index (χ0) is 15.4. The van der Waals surface area contributed by atoms with Gasteiger partial charge in [0.05, 0.1) is 4.92 Å². The second-order valence-electron chi connectivity index (χ2n) is 4.20. The monoisotopic (exact) mass is 308 g/mol. The fourth-order valence-electron chi connectivity index (χ4n) is 1.71. The van der Waals surface area contributed by atoms with Crippen molar-refractivity contribution in [1.82, 2.24) is 0 Å². The van der Waals surface area contributed by atoms with Crippen LogP contribution >= 0.6 is 11.6 Å². The number of nitro benzene ring substituents is 1. The normalized spacial score (nSPS) is 10.2. The average molecular weight is 309 g/mol. The lowest BCUT2D eigenvalue weighted by Gasteiger charge is -2.06. The van der Waals surface area contributed by atoms with Crippen LogP contribution in [-0.4, -0.2) is 10.8 Å². The molecule has 0 bridgehead atoms. The molecule has 0 saturated heterocycles. The first kappa shape index (κ1) is 14.9. The van der Waals surface area contributed by atoms with Crippen molar-refractivity contribution in [3.05, 3.63) is 69.5 Å². The van der Waals surface area contributed by atoms with Crippen LogP contribution in [0.3, 0.4) is 0 Å². The van der Waals surface area contributed by atoms with Crippen molar-refractivity contribution in [2.45, 2.75) is 5.88 Å². The van der Waals surface area contributed by atoms with Crippen molar-refractivity contribution in [3.8, 4) is 0 Å². The number of nitrogens with one attached hydrogen (secondary N) is 1. The molecule has 2 rings (SSSR count). The van der Waals surface area contributed by atoms with Crippen LogP contribution in [0.5, 0.6) is 0 Å². The minimum absolute atomic E-state index is 0.189. The van der Waals surface area contributed by atoms with Gasteiger partial charge in [0.25, 0.3) is 11.6 Å². The second-order valence-corrected chi connectivity index (χ2v) is 4.47. The number of carbonyl (C=O) groups is 1. The summed E-state index contributed by atoms with van der Waals surface area (Å²) in [5.41, 5.74) is 0.570. The van der Waals surface area contributed by atoms with E-state index in [0.717, 1.165) is 23.8 Å². The Labute approximate surface area is 124 Å². The molecule has 0 heterocycles. The van der Waals surface area contributed by atoms with E-state index in [1.54, 1.807) is 12.1 Å². The summed E-state index contributed by atoms with van der Waals surface area (Å²) < 4.78 is 13.2. The van der Waals surface area contributed by atoms with Gasteiger partial charge in [0.2, 0.25) is 0 Å². The molecule has 0 fully saturated rings. The molecule has 0 aliphatic carbocycles. The molecule has 108 valence electrons. The summed E-state index contributed by atoms with van der Waals surface area (Å²) in [7, 11) is 0. The van der Waals surface area contributed by atoms with Crippen molar-refractivity contribution >= 4 is 28.9 Å². The third kappa shape index (κ3) is 3.55. The Morgan fingerprint density at radius 3 is 2.48 bits per heavy atom. The number of hydrogen-bond donors (Lipinski definition) is 1. The molecule has 0 atom stereocenters. The number of benzene rings is 2.